The zero-order valence-electron chi connectivity index (χ0n) is 12.2. The Morgan fingerprint density at radius 3 is 2.71 bits per heavy atom. The van der Waals surface area contributed by atoms with E-state index in [9.17, 15) is 8.78 Å². The van der Waals surface area contributed by atoms with Gasteiger partial charge in [-0.25, -0.2) is 8.78 Å². The highest BCUT2D eigenvalue weighted by atomic mass is 19.1. The van der Waals surface area contributed by atoms with Gasteiger partial charge in [-0.05, 0) is 37.5 Å². The van der Waals surface area contributed by atoms with E-state index < -0.39 is 11.6 Å². The van der Waals surface area contributed by atoms with Gasteiger partial charge in [0, 0.05) is 23.6 Å². The molecule has 3 rings (SSSR count). The number of furan rings is 1. The van der Waals surface area contributed by atoms with Crippen molar-refractivity contribution in [2.45, 2.75) is 38.8 Å². The van der Waals surface area contributed by atoms with E-state index >= 15 is 0 Å². The zero-order chi connectivity index (χ0) is 15.0. The Labute approximate surface area is 123 Å². The van der Waals surface area contributed by atoms with Gasteiger partial charge in [0.15, 0.2) is 0 Å². The van der Waals surface area contributed by atoms with Gasteiger partial charge in [0.25, 0.3) is 0 Å². The second kappa shape index (κ2) is 5.60. The first kappa shape index (κ1) is 14.3. The van der Waals surface area contributed by atoms with Gasteiger partial charge < -0.3 is 9.73 Å². The fraction of sp³-hybridized carbons (Fsp3) is 0.412. The molecule has 1 saturated carbocycles. The third-order valence-corrected chi connectivity index (χ3v) is 4.17. The van der Waals surface area contributed by atoms with Crippen LogP contribution in [0.3, 0.4) is 0 Å². The van der Waals surface area contributed by atoms with E-state index in [0.717, 1.165) is 17.6 Å². The Kier molecular flexibility index (Phi) is 3.81. The number of rotatable bonds is 5. The Bertz CT molecular complexity index is 637. The zero-order valence-corrected chi connectivity index (χ0v) is 12.2. The molecule has 112 valence electrons. The van der Waals surface area contributed by atoms with Gasteiger partial charge in [0.2, 0.25) is 0 Å². The molecule has 0 bridgehead atoms. The summed E-state index contributed by atoms with van der Waals surface area (Å²) in [6, 6.07) is 7.43. The van der Waals surface area contributed by atoms with Gasteiger partial charge in [0.1, 0.15) is 23.2 Å². The first-order valence-electron chi connectivity index (χ1n) is 7.31. The lowest BCUT2D eigenvalue weighted by molar-refractivity contribution is 0.425. The highest BCUT2D eigenvalue weighted by molar-refractivity contribution is 5.22. The highest BCUT2D eigenvalue weighted by Crippen LogP contribution is 2.47. The van der Waals surface area contributed by atoms with Crippen molar-refractivity contribution < 1.29 is 13.2 Å². The molecule has 0 radical (unpaired) electrons. The predicted octanol–water partition coefficient (Wildman–Crippen LogP) is 4.53. The topological polar surface area (TPSA) is 25.2 Å². The maximum atomic E-state index is 13.7. The summed E-state index contributed by atoms with van der Waals surface area (Å²) < 4.78 is 32.4. The van der Waals surface area contributed by atoms with Crippen LogP contribution < -0.4 is 5.32 Å². The molecular formula is C17H19F2NO. The number of hydrogen-bond acceptors (Lipinski definition) is 2. The highest BCUT2D eigenvalue weighted by Gasteiger charge is 2.36. The average Bonchev–Trinajstić information content (AvgIpc) is 2.99. The third kappa shape index (κ3) is 3.16. The van der Waals surface area contributed by atoms with Crippen molar-refractivity contribution in [1.29, 1.82) is 0 Å². The van der Waals surface area contributed by atoms with Crippen LogP contribution in [0.2, 0.25) is 0 Å². The van der Waals surface area contributed by atoms with Crippen molar-refractivity contribution in [2.75, 3.05) is 0 Å². The summed E-state index contributed by atoms with van der Waals surface area (Å²) in [5.41, 5.74) is 0.457. The smallest absolute Gasteiger partial charge is 0.130 e. The van der Waals surface area contributed by atoms with Gasteiger partial charge in [0.05, 0.1) is 6.54 Å². The molecular weight excluding hydrogens is 272 g/mol. The Balaban J connectivity index is 1.60. The largest absolute Gasteiger partial charge is 0.464 e. The summed E-state index contributed by atoms with van der Waals surface area (Å²) in [5.74, 6) is 2.08. The molecule has 1 aliphatic rings. The Morgan fingerprint density at radius 2 is 2.05 bits per heavy atom. The summed E-state index contributed by atoms with van der Waals surface area (Å²) in [6.07, 6.45) is 1.19. The molecule has 1 heterocycles. The summed E-state index contributed by atoms with van der Waals surface area (Å²) >= 11 is 0. The first-order chi connectivity index (χ1) is 10.0. The standard InChI is InChI=1S/C17H19F2NO/c1-10-7-15(10)17-6-4-13(21-17)9-20-11(2)14-5-3-12(18)8-16(14)19/h3-6,8,10-11,15,20H,7,9H2,1-2H3/t10-,11+,15+/m1/s1. The molecule has 0 unspecified atom stereocenters. The minimum Gasteiger partial charge on any atom is -0.464 e. The summed E-state index contributed by atoms with van der Waals surface area (Å²) in [4.78, 5) is 0. The van der Waals surface area contributed by atoms with Gasteiger partial charge in [-0.2, -0.15) is 0 Å². The predicted molar refractivity (Wildman–Crippen MR) is 76.8 cm³/mol. The van der Waals surface area contributed by atoms with Crippen molar-refractivity contribution in [2.24, 2.45) is 5.92 Å². The van der Waals surface area contributed by atoms with Gasteiger partial charge in [-0.15, -0.1) is 0 Å². The molecule has 3 atom stereocenters. The molecule has 1 aromatic heterocycles. The van der Waals surface area contributed by atoms with Crippen LogP contribution in [0.5, 0.6) is 0 Å². The minimum absolute atomic E-state index is 0.209. The van der Waals surface area contributed by atoms with E-state index in [1.165, 1.54) is 18.6 Å². The van der Waals surface area contributed by atoms with Crippen molar-refractivity contribution >= 4 is 0 Å². The normalized spacial score (nSPS) is 22.3. The van der Waals surface area contributed by atoms with Crippen molar-refractivity contribution in [1.82, 2.24) is 5.32 Å². The van der Waals surface area contributed by atoms with Gasteiger partial charge >= 0.3 is 0 Å². The SMILES string of the molecule is C[C@H](NCc1ccc([C@H]2C[C@H]2C)o1)c1ccc(F)cc1F. The van der Waals surface area contributed by atoms with Crippen LogP contribution in [-0.2, 0) is 6.54 Å². The molecule has 0 spiro atoms. The summed E-state index contributed by atoms with van der Waals surface area (Å²) in [6.45, 7) is 4.59. The Hall–Kier alpha value is -1.68. The molecule has 0 saturated heterocycles. The van der Waals surface area contributed by atoms with Crippen LogP contribution in [0.4, 0.5) is 8.78 Å². The Morgan fingerprint density at radius 1 is 1.29 bits per heavy atom. The fourth-order valence-electron chi connectivity index (χ4n) is 2.62. The number of halogens is 2. The van der Waals surface area contributed by atoms with Gasteiger partial charge in [-0.3, -0.25) is 0 Å². The van der Waals surface area contributed by atoms with Crippen molar-refractivity contribution in [3.05, 3.63) is 59.1 Å². The monoisotopic (exact) mass is 291 g/mol. The van der Waals surface area contributed by atoms with Crippen LogP contribution in [0, 0.1) is 17.6 Å². The summed E-state index contributed by atoms with van der Waals surface area (Å²) in [7, 11) is 0. The van der Waals surface area contributed by atoms with E-state index in [1.54, 1.807) is 0 Å². The van der Waals surface area contributed by atoms with E-state index in [2.05, 4.69) is 12.2 Å². The number of hydrogen-bond donors (Lipinski definition) is 1. The van der Waals surface area contributed by atoms with E-state index in [-0.39, 0.29) is 6.04 Å². The van der Waals surface area contributed by atoms with Crippen molar-refractivity contribution in [3.63, 3.8) is 0 Å². The fourth-order valence-corrected chi connectivity index (χ4v) is 2.62. The van der Waals surface area contributed by atoms with E-state index in [0.29, 0.717) is 23.9 Å². The maximum absolute atomic E-state index is 13.7. The second-order valence-electron chi connectivity index (χ2n) is 5.89. The van der Waals surface area contributed by atoms with E-state index in [4.69, 9.17) is 4.42 Å². The minimum atomic E-state index is -0.558. The maximum Gasteiger partial charge on any atom is 0.130 e. The van der Waals surface area contributed by atoms with Crippen LogP contribution in [0.25, 0.3) is 0 Å². The third-order valence-electron chi connectivity index (χ3n) is 4.17. The van der Waals surface area contributed by atoms with Crippen LogP contribution in [0.15, 0.2) is 34.7 Å². The molecule has 2 aromatic rings. The van der Waals surface area contributed by atoms with Crippen LogP contribution >= 0.6 is 0 Å². The molecule has 0 aliphatic heterocycles. The van der Waals surface area contributed by atoms with E-state index in [1.807, 2.05) is 19.1 Å². The number of nitrogens with one attached hydrogen (secondary N) is 1. The lowest BCUT2D eigenvalue weighted by Crippen LogP contribution is -2.18. The molecule has 4 heteroatoms. The first-order valence-corrected chi connectivity index (χ1v) is 7.31. The molecule has 1 aliphatic carbocycles. The quantitative estimate of drug-likeness (QED) is 0.875. The van der Waals surface area contributed by atoms with Crippen molar-refractivity contribution in [3.8, 4) is 0 Å². The van der Waals surface area contributed by atoms with Crippen LogP contribution in [-0.4, -0.2) is 0 Å². The van der Waals surface area contributed by atoms with Gasteiger partial charge in [-0.1, -0.05) is 13.0 Å². The molecule has 1 N–H and O–H groups in total. The molecule has 1 fully saturated rings. The molecule has 1 aromatic carbocycles. The summed E-state index contributed by atoms with van der Waals surface area (Å²) in [5, 5.41) is 3.20. The molecule has 21 heavy (non-hydrogen) atoms. The second-order valence-corrected chi connectivity index (χ2v) is 5.89. The number of benzene rings is 1. The molecule has 2 nitrogen and oxygen atoms in total. The lowest BCUT2D eigenvalue weighted by atomic mass is 10.1. The average molecular weight is 291 g/mol. The molecule has 0 amide bonds. The van der Waals surface area contributed by atoms with Crippen LogP contribution in [0.1, 0.15) is 49.3 Å². The lowest BCUT2D eigenvalue weighted by Gasteiger charge is -2.14.